The molecule has 1 aromatic carbocycles. The largest absolute Gasteiger partial charge is 0.494 e. The number of ether oxygens (including phenoxy) is 2. The van der Waals surface area contributed by atoms with E-state index in [1.165, 1.54) is 18.9 Å². The Labute approximate surface area is 126 Å². The Morgan fingerprint density at radius 3 is 2.81 bits per heavy atom. The van der Waals surface area contributed by atoms with Crippen LogP contribution in [0.15, 0.2) is 23.4 Å². The highest BCUT2D eigenvalue weighted by molar-refractivity contribution is 8.00. The summed E-state index contributed by atoms with van der Waals surface area (Å²) in [6, 6.07) is 5.71. The number of tetrazole rings is 1. The molecule has 0 saturated carbocycles. The molecular formula is C13H16N4O3S. The van der Waals surface area contributed by atoms with Crippen LogP contribution in [0.1, 0.15) is 12.5 Å². The lowest BCUT2D eigenvalue weighted by Crippen LogP contribution is -2.15. The topological polar surface area (TPSA) is 79.1 Å². The molecule has 0 bridgehead atoms. The molecule has 112 valence electrons. The van der Waals surface area contributed by atoms with Gasteiger partial charge in [-0.15, -0.1) is 5.10 Å². The molecule has 7 nitrogen and oxygen atoms in total. The van der Waals surface area contributed by atoms with Gasteiger partial charge in [-0.3, -0.25) is 4.79 Å². The quantitative estimate of drug-likeness (QED) is 0.613. The molecule has 1 heterocycles. The number of hydrogen-bond donors (Lipinski definition) is 0. The van der Waals surface area contributed by atoms with E-state index >= 15 is 0 Å². The first kappa shape index (κ1) is 15.3. The lowest BCUT2D eigenvalue weighted by atomic mass is 10.2. The van der Waals surface area contributed by atoms with E-state index in [0.717, 1.165) is 11.3 Å². The normalized spacial score (nSPS) is 12.0. The SMILES string of the molecule is COC(=O)[C@H](C)Sc1nnnn1-c1cc(C)ccc1OC. The van der Waals surface area contributed by atoms with Gasteiger partial charge in [-0.2, -0.15) is 4.68 Å². The maximum Gasteiger partial charge on any atom is 0.318 e. The van der Waals surface area contributed by atoms with Crippen LogP contribution in [-0.2, 0) is 9.53 Å². The van der Waals surface area contributed by atoms with Crippen LogP contribution in [0, 0.1) is 6.92 Å². The minimum Gasteiger partial charge on any atom is -0.494 e. The molecule has 0 aliphatic carbocycles. The average molecular weight is 308 g/mol. The first-order valence-electron chi connectivity index (χ1n) is 6.24. The molecule has 1 aromatic heterocycles. The van der Waals surface area contributed by atoms with Crippen molar-refractivity contribution in [3.8, 4) is 11.4 Å². The molecule has 21 heavy (non-hydrogen) atoms. The van der Waals surface area contributed by atoms with Crippen molar-refractivity contribution in [3.63, 3.8) is 0 Å². The van der Waals surface area contributed by atoms with Gasteiger partial charge in [-0.05, 0) is 42.0 Å². The maximum absolute atomic E-state index is 11.5. The van der Waals surface area contributed by atoms with Crippen LogP contribution >= 0.6 is 11.8 Å². The van der Waals surface area contributed by atoms with Crippen molar-refractivity contribution >= 4 is 17.7 Å². The molecule has 0 N–H and O–H groups in total. The summed E-state index contributed by atoms with van der Waals surface area (Å²) in [6.07, 6.45) is 0. The number of nitrogens with zero attached hydrogens (tertiary/aromatic N) is 4. The summed E-state index contributed by atoms with van der Waals surface area (Å²) in [5, 5.41) is 11.7. The smallest absolute Gasteiger partial charge is 0.318 e. The monoisotopic (exact) mass is 308 g/mol. The van der Waals surface area contributed by atoms with Gasteiger partial charge in [-0.25, -0.2) is 0 Å². The second-order valence-electron chi connectivity index (χ2n) is 4.33. The van der Waals surface area contributed by atoms with E-state index in [0.29, 0.717) is 10.9 Å². The predicted molar refractivity (Wildman–Crippen MR) is 77.8 cm³/mol. The van der Waals surface area contributed by atoms with Crippen molar-refractivity contribution in [1.82, 2.24) is 20.2 Å². The highest BCUT2D eigenvalue weighted by Gasteiger charge is 2.20. The summed E-state index contributed by atoms with van der Waals surface area (Å²) in [6.45, 7) is 3.71. The third-order valence-corrected chi connectivity index (χ3v) is 3.83. The number of aromatic nitrogens is 4. The molecule has 0 amide bonds. The lowest BCUT2D eigenvalue weighted by Gasteiger charge is -2.11. The molecule has 0 unspecified atom stereocenters. The molecule has 0 radical (unpaired) electrons. The molecule has 0 saturated heterocycles. The molecule has 0 aliphatic heterocycles. The van der Waals surface area contributed by atoms with E-state index in [9.17, 15) is 4.79 Å². The Hall–Kier alpha value is -2.09. The number of methoxy groups -OCH3 is 2. The standard InChI is InChI=1S/C13H16N4O3S/c1-8-5-6-11(19-3)10(7-8)17-13(14-15-16-17)21-9(2)12(18)20-4/h5-7,9H,1-4H3/t9-/m0/s1. The molecule has 0 spiro atoms. The maximum atomic E-state index is 11.5. The number of esters is 1. The number of thioether (sulfide) groups is 1. The number of benzene rings is 1. The van der Waals surface area contributed by atoms with Gasteiger partial charge in [0.1, 0.15) is 16.7 Å². The Balaban J connectivity index is 2.36. The fourth-order valence-electron chi connectivity index (χ4n) is 1.74. The van der Waals surface area contributed by atoms with Crippen molar-refractivity contribution in [2.75, 3.05) is 14.2 Å². The number of carbonyl (C=O) groups excluding carboxylic acids is 1. The molecule has 0 fully saturated rings. The van der Waals surface area contributed by atoms with Gasteiger partial charge in [0, 0.05) is 0 Å². The third kappa shape index (κ3) is 3.33. The molecule has 0 aliphatic rings. The molecule has 2 rings (SSSR count). The minimum atomic E-state index is -0.407. The second-order valence-corrected chi connectivity index (χ2v) is 5.64. The fourth-order valence-corrected chi connectivity index (χ4v) is 2.57. The zero-order chi connectivity index (χ0) is 15.4. The molecular weight excluding hydrogens is 292 g/mol. The lowest BCUT2D eigenvalue weighted by molar-refractivity contribution is -0.139. The van der Waals surface area contributed by atoms with Gasteiger partial charge in [0.2, 0.25) is 5.16 Å². The predicted octanol–water partition coefficient (Wildman–Crippen LogP) is 1.63. The Kier molecular flexibility index (Phi) is 4.79. The van der Waals surface area contributed by atoms with E-state index in [2.05, 4.69) is 15.5 Å². The van der Waals surface area contributed by atoms with Gasteiger partial charge in [0.15, 0.2) is 0 Å². The van der Waals surface area contributed by atoms with E-state index in [1.54, 1.807) is 18.7 Å². The van der Waals surface area contributed by atoms with E-state index in [1.807, 2.05) is 25.1 Å². The number of aryl methyl sites for hydroxylation is 1. The summed E-state index contributed by atoms with van der Waals surface area (Å²) >= 11 is 1.23. The average Bonchev–Trinajstić information content (AvgIpc) is 2.94. The Bertz CT molecular complexity index is 644. The number of carbonyl (C=O) groups is 1. The first-order valence-corrected chi connectivity index (χ1v) is 7.12. The van der Waals surface area contributed by atoms with Gasteiger partial charge >= 0.3 is 5.97 Å². The van der Waals surface area contributed by atoms with E-state index in [-0.39, 0.29) is 5.97 Å². The fraction of sp³-hybridized carbons (Fsp3) is 0.385. The van der Waals surface area contributed by atoms with Crippen LogP contribution in [-0.4, -0.2) is 45.6 Å². The zero-order valence-electron chi connectivity index (χ0n) is 12.2. The summed E-state index contributed by atoms with van der Waals surface area (Å²) in [5.74, 6) is 0.325. The third-order valence-electron chi connectivity index (χ3n) is 2.82. The van der Waals surface area contributed by atoms with Crippen LogP contribution in [0.2, 0.25) is 0 Å². The van der Waals surface area contributed by atoms with Crippen LogP contribution in [0.25, 0.3) is 5.69 Å². The van der Waals surface area contributed by atoms with Gasteiger partial charge < -0.3 is 9.47 Å². The van der Waals surface area contributed by atoms with Gasteiger partial charge in [0.25, 0.3) is 0 Å². The van der Waals surface area contributed by atoms with Crippen LogP contribution in [0.4, 0.5) is 0 Å². The van der Waals surface area contributed by atoms with Crippen LogP contribution < -0.4 is 4.74 Å². The van der Waals surface area contributed by atoms with Gasteiger partial charge in [0.05, 0.1) is 14.2 Å². The Morgan fingerprint density at radius 1 is 1.38 bits per heavy atom. The number of hydrogen-bond acceptors (Lipinski definition) is 7. The first-order chi connectivity index (χ1) is 10.1. The summed E-state index contributed by atoms with van der Waals surface area (Å²) < 4.78 is 11.6. The Morgan fingerprint density at radius 2 is 2.14 bits per heavy atom. The van der Waals surface area contributed by atoms with Gasteiger partial charge in [-0.1, -0.05) is 17.8 Å². The molecule has 8 heteroatoms. The summed E-state index contributed by atoms with van der Waals surface area (Å²) in [5.41, 5.74) is 1.78. The van der Waals surface area contributed by atoms with Crippen molar-refractivity contribution in [2.24, 2.45) is 0 Å². The van der Waals surface area contributed by atoms with Crippen LogP contribution in [0.3, 0.4) is 0 Å². The van der Waals surface area contributed by atoms with E-state index < -0.39 is 5.25 Å². The van der Waals surface area contributed by atoms with E-state index in [4.69, 9.17) is 9.47 Å². The van der Waals surface area contributed by atoms with Crippen molar-refractivity contribution < 1.29 is 14.3 Å². The number of rotatable bonds is 5. The van der Waals surface area contributed by atoms with Crippen molar-refractivity contribution in [2.45, 2.75) is 24.3 Å². The molecule has 2 aromatic rings. The zero-order valence-corrected chi connectivity index (χ0v) is 13.0. The highest BCUT2D eigenvalue weighted by atomic mass is 32.2. The summed E-state index contributed by atoms with van der Waals surface area (Å²) in [4.78, 5) is 11.5. The minimum absolute atomic E-state index is 0.328. The summed E-state index contributed by atoms with van der Waals surface area (Å²) in [7, 11) is 2.94. The van der Waals surface area contributed by atoms with Crippen LogP contribution in [0.5, 0.6) is 5.75 Å². The molecule has 1 atom stereocenters. The van der Waals surface area contributed by atoms with Crippen molar-refractivity contribution in [1.29, 1.82) is 0 Å². The van der Waals surface area contributed by atoms with Crippen molar-refractivity contribution in [3.05, 3.63) is 23.8 Å². The highest BCUT2D eigenvalue weighted by Crippen LogP contribution is 2.28. The second kappa shape index (κ2) is 6.57.